The molecule has 0 saturated carbocycles. The third-order valence-electron chi connectivity index (χ3n) is 1.67. The van der Waals surface area contributed by atoms with Crippen LogP contribution in [0.2, 0.25) is 0 Å². The summed E-state index contributed by atoms with van der Waals surface area (Å²) in [6.45, 7) is 1.82. The second-order valence-corrected chi connectivity index (χ2v) is 3.10. The lowest BCUT2D eigenvalue weighted by Gasteiger charge is -2.12. The fourth-order valence-electron chi connectivity index (χ4n) is 0.953. The van der Waals surface area contributed by atoms with Crippen LogP contribution in [0.15, 0.2) is 4.99 Å². The molecule has 0 fully saturated rings. The van der Waals surface area contributed by atoms with E-state index in [1.165, 1.54) is 0 Å². The zero-order chi connectivity index (χ0) is 9.52. The Morgan fingerprint density at radius 3 is 3.00 bits per heavy atom. The number of hydrazine groups is 1. The number of guanidine groups is 1. The minimum absolute atomic E-state index is 0. The number of hydrogen-bond acceptors (Lipinski definition) is 4. The number of nitrogens with one attached hydrogen (secondary N) is 4. The molecule has 0 amide bonds. The van der Waals surface area contributed by atoms with E-state index in [1.807, 2.05) is 0 Å². The molecule has 82 valence electrons. The normalized spacial score (nSPS) is 15.1. The number of aliphatic imine (C=N–C) groups is 1. The molecule has 14 heavy (non-hydrogen) atoms. The maximum Gasteiger partial charge on any atom is 0.210 e. The average Bonchev–Trinajstić information content (AvgIpc) is 2.42. The predicted octanol–water partition coefficient (Wildman–Crippen LogP) is -0.0577. The van der Waals surface area contributed by atoms with Gasteiger partial charge in [0.1, 0.15) is 0 Å². The summed E-state index contributed by atoms with van der Waals surface area (Å²) in [5.41, 5.74) is 5.70. The molecule has 1 rings (SSSR count). The summed E-state index contributed by atoms with van der Waals surface area (Å²) in [6.07, 6.45) is 2.29. The predicted molar refractivity (Wildman–Crippen MR) is 72.9 cm³/mol. The molecule has 1 aliphatic heterocycles. The van der Waals surface area contributed by atoms with Crippen LogP contribution in [-0.2, 0) is 0 Å². The molecular formula is C7H16IN5S. The Labute approximate surface area is 106 Å². The molecule has 0 saturated heterocycles. The molecule has 0 bridgehead atoms. The van der Waals surface area contributed by atoms with Crippen LogP contribution in [0.5, 0.6) is 0 Å². The molecule has 0 aromatic heterocycles. The van der Waals surface area contributed by atoms with Gasteiger partial charge in [0.05, 0.1) is 0 Å². The van der Waals surface area contributed by atoms with Crippen molar-refractivity contribution < 1.29 is 0 Å². The highest BCUT2D eigenvalue weighted by molar-refractivity contribution is 14.0. The standard InChI is InChI=1S/C7H15N5S.HI/c1-8-7(13)12-11-6-9-4-2-3-5-10-6;/h2-5H2,1H3,(H2,8,12,13)(H2,9,10,11);1H. The lowest BCUT2D eigenvalue weighted by Crippen LogP contribution is -2.50. The summed E-state index contributed by atoms with van der Waals surface area (Å²) in [4.78, 5) is 4.27. The van der Waals surface area contributed by atoms with Gasteiger partial charge >= 0.3 is 0 Å². The Kier molecular flexibility index (Phi) is 7.86. The third-order valence-corrected chi connectivity index (χ3v) is 1.97. The molecule has 7 heteroatoms. The number of nitrogens with zero attached hydrogens (tertiary/aromatic N) is 1. The van der Waals surface area contributed by atoms with Gasteiger partial charge in [-0.05, 0) is 25.1 Å². The quantitative estimate of drug-likeness (QED) is 0.285. The van der Waals surface area contributed by atoms with E-state index >= 15 is 0 Å². The zero-order valence-corrected chi connectivity index (χ0v) is 11.2. The van der Waals surface area contributed by atoms with Gasteiger partial charge in [-0.25, -0.2) is 0 Å². The zero-order valence-electron chi connectivity index (χ0n) is 8.09. The molecule has 4 N–H and O–H groups in total. The summed E-state index contributed by atoms with van der Waals surface area (Å²) in [5.74, 6) is 0.759. The highest BCUT2D eigenvalue weighted by atomic mass is 127. The van der Waals surface area contributed by atoms with E-state index in [4.69, 9.17) is 12.2 Å². The van der Waals surface area contributed by atoms with Crippen LogP contribution in [0.4, 0.5) is 0 Å². The first-order valence-electron chi connectivity index (χ1n) is 4.35. The molecule has 0 spiro atoms. The molecule has 0 unspecified atom stereocenters. The van der Waals surface area contributed by atoms with Crippen LogP contribution in [0.1, 0.15) is 12.8 Å². The van der Waals surface area contributed by atoms with Crippen molar-refractivity contribution in [2.45, 2.75) is 12.8 Å². The number of halogens is 1. The van der Waals surface area contributed by atoms with E-state index in [-0.39, 0.29) is 24.0 Å². The van der Waals surface area contributed by atoms with Crippen molar-refractivity contribution >= 4 is 47.3 Å². The van der Waals surface area contributed by atoms with Crippen molar-refractivity contribution in [3.05, 3.63) is 0 Å². The van der Waals surface area contributed by atoms with Gasteiger partial charge in [0, 0.05) is 20.1 Å². The first-order valence-corrected chi connectivity index (χ1v) is 4.76. The van der Waals surface area contributed by atoms with Crippen molar-refractivity contribution in [2.24, 2.45) is 4.99 Å². The van der Waals surface area contributed by atoms with E-state index in [1.54, 1.807) is 7.05 Å². The Morgan fingerprint density at radius 2 is 2.29 bits per heavy atom. The topological polar surface area (TPSA) is 60.5 Å². The van der Waals surface area contributed by atoms with Crippen molar-refractivity contribution in [1.82, 2.24) is 21.5 Å². The summed E-state index contributed by atoms with van der Waals surface area (Å²) < 4.78 is 0. The highest BCUT2D eigenvalue weighted by Crippen LogP contribution is 1.91. The minimum atomic E-state index is 0. The fourth-order valence-corrected chi connectivity index (χ4v) is 1.00. The SMILES string of the molecule is CNC(=S)NNC1=NCCCCN1.I. The molecule has 0 aliphatic carbocycles. The minimum Gasteiger partial charge on any atom is -0.364 e. The van der Waals surface area contributed by atoms with Crippen molar-refractivity contribution in [3.63, 3.8) is 0 Å². The van der Waals surface area contributed by atoms with Gasteiger partial charge in [0.2, 0.25) is 5.96 Å². The first kappa shape index (κ1) is 13.7. The van der Waals surface area contributed by atoms with Gasteiger partial charge in [-0.3, -0.25) is 15.8 Å². The summed E-state index contributed by atoms with van der Waals surface area (Å²) in [5, 5.41) is 6.49. The lowest BCUT2D eigenvalue weighted by molar-refractivity contribution is 0.736. The van der Waals surface area contributed by atoms with Crippen LogP contribution in [-0.4, -0.2) is 31.2 Å². The van der Waals surface area contributed by atoms with Crippen LogP contribution in [0.25, 0.3) is 0 Å². The summed E-state index contributed by atoms with van der Waals surface area (Å²) in [6, 6.07) is 0. The van der Waals surface area contributed by atoms with Gasteiger partial charge in [-0.2, -0.15) is 0 Å². The second-order valence-electron chi connectivity index (χ2n) is 2.69. The molecular weight excluding hydrogens is 313 g/mol. The Morgan fingerprint density at radius 1 is 1.50 bits per heavy atom. The van der Waals surface area contributed by atoms with Crippen molar-refractivity contribution in [1.29, 1.82) is 0 Å². The third kappa shape index (κ3) is 5.43. The second kappa shape index (κ2) is 8.04. The van der Waals surface area contributed by atoms with E-state index in [9.17, 15) is 0 Å². The summed E-state index contributed by atoms with van der Waals surface area (Å²) >= 11 is 4.89. The average molecular weight is 329 g/mol. The molecule has 0 aromatic rings. The van der Waals surface area contributed by atoms with Crippen LogP contribution >= 0.6 is 36.2 Å². The molecule has 1 heterocycles. The molecule has 0 aromatic carbocycles. The smallest absolute Gasteiger partial charge is 0.210 e. The number of hydrogen-bond donors (Lipinski definition) is 4. The highest BCUT2D eigenvalue weighted by Gasteiger charge is 2.01. The molecule has 0 atom stereocenters. The van der Waals surface area contributed by atoms with E-state index in [0.29, 0.717) is 5.11 Å². The van der Waals surface area contributed by atoms with Gasteiger partial charge in [0.25, 0.3) is 0 Å². The molecule has 1 aliphatic rings. The van der Waals surface area contributed by atoms with Gasteiger partial charge < -0.3 is 10.6 Å². The van der Waals surface area contributed by atoms with Gasteiger partial charge in [-0.15, -0.1) is 24.0 Å². The lowest BCUT2D eigenvalue weighted by atomic mass is 10.3. The Hall–Kier alpha value is -0.310. The largest absolute Gasteiger partial charge is 0.364 e. The van der Waals surface area contributed by atoms with E-state index < -0.39 is 0 Å². The van der Waals surface area contributed by atoms with E-state index in [0.717, 1.165) is 31.9 Å². The summed E-state index contributed by atoms with van der Waals surface area (Å²) in [7, 11) is 1.76. The van der Waals surface area contributed by atoms with Crippen molar-refractivity contribution in [2.75, 3.05) is 20.1 Å². The van der Waals surface area contributed by atoms with Crippen LogP contribution < -0.4 is 21.5 Å². The van der Waals surface area contributed by atoms with Crippen LogP contribution in [0.3, 0.4) is 0 Å². The monoisotopic (exact) mass is 329 g/mol. The fraction of sp³-hybridized carbons (Fsp3) is 0.714. The molecule has 0 radical (unpaired) electrons. The van der Waals surface area contributed by atoms with Crippen LogP contribution in [0, 0.1) is 0 Å². The Balaban J connectivity index is 0.00000169. The van der Waals surface area contributed by atoms with Gasteiger partial charge in [0.15, 0.2) is 5.11 Å². The maximum absolute atomic E-state index is 4.89. The van der Waals surface area contributed by atoms with E-state index in [2.05, 4.69) is 26.5 Å². The molecule has 5 nitrogen and oxygen atoms in total. The first-order chi connectivity index (χ1) is 6.33. The van der Waals surface area contributed by atoms with Crippen molar-refractivity contribution in [3.8, 4) is 0 Å². The maximum atomic E-state index is 4.89. The Bertz CT molecular complexity index is 208. The number of rotatable bonds is 0. The number of thiocarbonyl (C=S) groups is 1. The van der Waals surface area contributed by atoms with Gasteiger partial charge in [-0.1, -0.05) is 0 Å².